The quantitative estimate of drug-likeness (QED) is 0.444. The highest BCUT2D eigenvalue weighted by molar-refractivity contribution is 5.88. The number of hydrogen-bond acceptors (Lipinski definition) is 6. The smallest absolute Gasteiger partial charge is 0.333 e. The van der Waals surface area contributed by atoms with Crippen LogP contribution in [0.15, 0.2) is 0 Å². The molecule has 0 aromatic rings. The summed E-state index contributed by atoms with van der Waals surface area (Å²) in [6.45, 7) is 2.46. The number of carbonyl (C=O) groups is 4. The van der Waals surface area contributed by atoms with Gasteiger partial charge >= 0.3 is 11.9 Å². The molecule has 0 spiro atoms. The SMILES string of the molecule is C#CC[C@](CC#CC[C@@](CC#C)(NC(C)=O)C(=O)OC)(NC(C)=O)C(=O)OC. The third kappa shape index (κ3) is 6.70. The normalized spacial score (nSPS) is 13.6. The summed E-state index contributed by atoms with van der Waals surface area (Å²) in [4.78, 5) is 47.4. The van der Waals surface area contributed by atoms with Crippen LogP contribution in [0.5, 0.6) is 0 Å². The predicted molar refractivity (Wildman–Crippen MR) is 101 cm³/mol. The second-order valence-electron chi connectivity index (χ2n) is 5.98. The van der Waals surface area contributed by atoms with Crippen molar-refractivity contribution in [3.05, 3.63) is 0 Å². The summed E-state index contributed by atoms with van der Waals surface area (Å²) in [7, 11) is 2.32. The van der Waals surface area contributed by atoms with Crippen LogP contribution >= 0.6 is 0 Å². The third-order valence-corrected chi connectivity index (χ3v) is 3.70. The molecule has 2 atom stereocenters. The maximum absolute atomic E-state index is 12.2. The van der Waals surface area contributed by atoms with Gasteiger partial charge in [-0.1, -0.05) is 0 Å². The highest BCUT2D eigenvalue weighted by Crippen LogP contribution is 2.19. The van der Waals surface area contributed by atoms with Gasteiger partial charge in [0.25, 0.3) is 0 Å². The van der Waals surface area contributed by atoms with Gasteiger partial charge in [0.15, 0.2) is 11.1 Å². The molecule has 150 valence electrons. The molecule has 0 aliphatic rings. The molecule has 0 fully saturated rings. The summed E-state index contributed by atoms with van der Waals surface area (Å²) in [5.41, 5.74) is -3.06. The van der Waals surface area contributed by atoms with Crippen molar-refractivity contribution in [1.82, 2.24) is 10.6 Å². The van der Waals surface area contributed by atoms with Gasteiger partial charge < -0.3 is 20.1 Å². The highest BCUT2D eigenvalue weighted by Gasteiger charge is 2.41. The van der Waals surface area contributed by atoms with E-state index in [2.05, 4.69) is 34.3 Å². The van der Waals surface area contributed by atoms with Crippen molar-refractivity contribution in [3.8, 4) is 36.5 Å². The molecule has 0 saturated heterocycles. The summed E-state index contributed by atoms with van der Waals surface area (Å²) in [6, 6.07) is 0. The Bertz CT molecular complexity index is 702. The van der Waals surface area contributed by atoms with Crippen LogP contribution in [-0.2, 0) is 28.7 Å². The summed E-state index contributed by atoms with van der Waals surface area (Å²) in [6.07, 6.45) is 10.0. The molecule has 0 aliphatic carbocycles. The number of amides is 2. The first-order valence-electron chi connectivity index (χ1n) is 8.20. The van der Waals surface area contributed by atoms with Gasteiger partial charge in [0.2, 0.25) is 11.8 Å². The van der Waals surface area contributed by atoms with E-state index < -0.39 is 34.8 Å². The molecule has 0 rings (SSSR count). The lowest BCUT2D eigenvalue weighted by atomic mass is 9.89. The van der Waals surface area contributed by atoms with Gasteiger partial charge in [-0.3, -0.25) is 9.59 Å². The first-order chi connectivity index (χ1) is 13.1. The standard InChI is InChI=1S/C20H24N2O6/c1-7-11-19(17(25)27-5,21-15(3)23)13-9-10-14-20(12-8-2,18(26)28-6)22-16(4)24/h1-2H,11-14H2,3-6H3,(H,21,23)(H,22,24)/t19-,20-/m1/s1. The Kier molecular flexibility index (Phi) is 9.92. The van der Waals surface area contributed by atoms with E-state index in [0.717, 1.165) is 14.2 Å². The highest BCUT2D eigenvalue weighted by atomic mass is 16.5. The number of ether oxygens (including phenoxy) is 2. The van der Waals surface area contributed by atoms with Gasteiger partial charge in [-0.15, -0.1) is 36.5 Å². The second kappa shape index (κ2) is 11.3. The molecule has 0 saturated carbocycles. The van der Waals surface area contributed by atoms with E-state index in [1.165, 1.54) is 13.8 Å². The zero-order valence-electron chi connectivity index (χ0n) is 16.4. The van der Waals surface area contributed by atoms with Crippen LogP contribution in [0.2, 0.25) is 0 Å². The molecular weight excluding hydrogens is 364 g/mol. The van der Waals surface area contributed by atoms with Crippen LogP contribution in [0.25, 0.3) is 0 Å². The Balaban J connectivity index is 5.79. The van der Waals surface area contributed by atoms with Crippen molar-refractivity contribution in [3.63, 3.8) is 0 Å². The molecule has 28 heavy (non-hydrogen) atoms. The third-order valence-electron chi connectivity index (χ3n) is 3.70. The van der Waals surface area contributed by atoms with Crippen molar-refractivity contribution in [2.45, 2.75) is 50.6 Å². The summed E-state index contributed by atoms with van der Waals surface area (Å²) in [5, 5.41) is 4.96. The number of methoxy groups -OCH3 is 2. The number of hydrogen-bond donors (Lipinski definition) is 2. The van der Waals surface area contributed by atoms with E-state index in [4.69, 9.17) is 22.3 Å². The number of nitrogens with one attached hydrogen (secondary N) is 2. The van der Waals surface area contributed by atoms with Crippen LogP contribution in [0.4, 0.5) is 0 Å². The van der Waals surface area contributed by atoms with Crippen LogP contribution in [0, 0.1) is 36.5 Å². The number of esters is 2. The monoisotopic (exact) mass is 388 g/mol. The topological polar surface area (TPSA) is 111 Å². The van der Waals surface area contributed by atoms with Crippen molar-refractivity contribution in [2.24, 2.45) is 0 Å². The fourth-order valence-corrected chi connectivity index (χ4v) is 2.53. The minimum Gasteiger partial charge on any atom is -0.467 e. The molecule has 0 unspecified atom stereocenters. The minimum atomic E-state index is -1.53. The Morgan fingerprint density at radius 3 is 1.29 bits per heavy atom. The Hall–Kier alpha value is -3.44. The summed E-state index contributed by atoms with van der Waals surface area (Å²) < 4.78 is 9.48. The van der Waals surface area contributed by atoms with E-state index in [1.54, 1.807) is 0 Å². The lowest BCUT2D eigenvalue weighted by Gasteiger charge is -2.29. The molecule has 2 N–H and O–H groups in total. The first kappa shape index (κ1) is 24.6. The van der Waals surface area contributed by atoms with Gasteiger partial charge in [-0.05, 0) is 0 Å². The Labute approximate surface area is 165 Å². The Morgan fingerprint density at radius 1 is 0.750 bits per heavy atom. The molecule has 0 aliphatic heterocycles. The maximum atomic E-state index is 12.2. The Morgan fingerprint density at radius 2 is 1.07 bits per heavy atom. The molecule has 0 radical (unpaired) electrons. The molecule has 0 aromatic heterocycles. The van der Waals surface area contributed by atoms with Crippen molar-refractivity contribution in [2.75, 3.05) is 14.2 Å². The zero-order valence-corrected chi connectivity index (χ0v) is 16.4. The van der Waals surface area contributed by atoms with Crippen molar-refractivity contribution in [1.29, 1.82) is 0 Å². The molecule has 8 nitrogen and oxygen atoms in total. The van der Waals surface area contributed by atoms with Crippen LogP contribution in [0.3, 0.4) is 0 Å². The molecule has 8 heteroatoms. The molecule has 0 heterocycles. The molecule has 0 bridgehead atoms. The van der Waals surface area contributed by atoms with Gasteiger partial charge in [-0.25, -0.2) is 9.59 Å². The second-order valence-corrected chi connectivity index (χ2v) is 5.98. The van der Waals surface area contributed by atoms with Gasteiger partial charge in [0.1, 0.15) is 0 Å². The fraction of sp³-hybridized carbons (Fsp3) is 0.500. The van der Waals surface area contributed by atoms with E-state index >= 15 is 0 Å². The van der Waals surface area contributed by atoms with Crippen LogP contribution in [-0.4, -0.2) is 49.1 Å². The average molecular weight is 388 g/mol. The van der Waals surface area contributed by atoms with Crippen LogP contribution in [0.1, 0.15) is 39.5 Å². The fourth-order valence-electron chi connectivity index (χ4n) is 2.53. The lowest BCUT2D eigenvalue weighted by molar-refractivity contribution is -0.150. The van der Waals surface area contributed by atoms with Gasteiger partial charge in [0, 0.05) is 39.5 Å². The van der Waals surface area contributed by atoms with E-state index in [9.17, 15) is 19.2 Å². The summed E-state index contributed by atoms with van der Waals surface area (Å²) >= 11 is 0. The van der Waals surface area contributed by atoms with E-state index in [1.807, 2.05) is 0 Å². The number of rotatable bonds is 8. The molecular formula is C20H24N2O6. The number of carbonyl (C=O) groups excluding carboxylic acids is 4. The molecule has 0 aromatic carbocycles. The zero-order chi connectivity index (χ0) is 21.8. The van der Waals surface area contributed by atoms with Crippen molar-refractivity contribution < 1.29 is 28.7 Å². The maximum Gasteiger partial charge on any atom is 0.333 e. The molecule has 2 amide bonds. The lowest BCUT2D eigenvalue weighted by Crippen LogP contribution is -2.54. The van der Waals surface area contributed by atoms with Crippen LogP contribution < -0.4 is 10.6 Å². The van der Waals surface area contributed by atoms with E-state index in [0.29, 0.717) is 0 Å². The van der Waals surface area contributed by atoms with Gasteiger partial charge in [-0.2, -0.15) is 0 Å². The van der Waals surface area contributed by atoms with E-state index in [-0.39, 0.29) is 25.7 Å². The largest absolute Gasteiger partial charge is 0.467 e. The first-order valence-corrected chi connectivity index (χ1v) is 8.20. The van der Waals surface area contributed by atoms with Gasteiger partial charge in [0.05, 0.1) is 14.2 Å². The minimum absolute atomic E-state index is 0.147. The average Bonchev–Trinajstić information content (AvgIpc) is 2.62. The predicted octanol–water partition coefficient (Wildman–Crippen LogP) is -0.0876. The van der Waals surface area contributed by atoms with Crippen molar-refractivity contribution >= 4 is 23.8 Å². The number of terminal acetylenes is 2. The summed E-state index contributed by atoms with van der Waals surface area (Å²) in [5.74, 6) is 7.58.